The monoisotopic (exact) mass is 342 g/mol. The molecule has 0 radical (unpaired) electrons. The van der Waals surface area contributed by atoms with Crippen molar-refractivity contribution in [3.8, 4) is 17.1 Å². The Bertz CT molecular complexity index is 614. The van der Waals surface area contributed by atoms with Crippen LogP contribution in [0.25, 0.3) is 11.4 Å². The summed E-state index contributed by atoms with van der Waals surface area (Å²) in [4.78, 5) is 14.4. The van der Waals surface area contributed by atoms with Gasteiger partial charge in [-0.05, 0) is 34.1 Å². The van der Waals surface area contributed by atoms with Crippen molar-refractivity contribution < 1.29 is 23.9 Å². The van der Waals surface area contributed by atoms with E-state index < -0.39 is 12.6 Å². The van der Waals surface area contributed by atoms with Crippen molar-refractivity contribution in [2.24, 2.45) is 0 Å². The first kappa shape index (κ1) is 14.5. The molecule has 0 saturated heterocycles. The van der Waals surface area contributed by atoms with Crippen LogP contribution in [0.15, 0.2) is 27.2 Å². The number of aromatic nitrogens is 2. The summed E-state index contributed by atoms with van der Waals surface area (Å²) in [5, 5.41) is 12.3. The highest BCUT2D eigenvalue weighted by molar-refractivity contribution is 9.10. The van der Waals surface area contributed by atoms with Gasteiger partial charge >= 0.3 is 5.97 Å². The molecule has 0 aliphatic carbocycles. The largest absolute Gasteiger partial charge is 0.496 e. The van der Waals surface area contributed by atoms with Crippen LogP contribution in [0.1, 0.15) is 5.89 Å². The molecule has 0 aliphatic heterocycles. The number of carbonyl (C=O) groups is 1. The molecule has 0 unspecified atom stereocenters. The van der Waals surface area contributed by atoms with Crippen LogP contribution in [-0.2, 0) is 16.1 Å². The molecule has 1 heterocycles. The number of methoxy groups -OCH3 is 1. The average Bonchev–Trinajstić information content (AvgIpc) is 2.87. The zero-order chi connectivity index (χ0) is 14.5. The Hall–Kier alpha value is -1.93. The van der Waals surface area contributed by atoms with Crippen molar-refractivity contribution in [3.63, 3.8) is 0 Å². The number of ether oxygens (including phenoxy) is 2. The second kappa shape index (κ2) is 6.49. The van der Waals surface area contributed by atoms with Crippen molar-refractivity contribution >= 4 is 21.9 Å². The normalized spacial score (nSPS) is 10.5. The smallest absolute Gasteiger partial charge is 0.329 e. The lowest BCUT2D eigenvalue weighted by molar-refractivity contribution is -0.142. The lowest BCUT2D eigenvalue weighted by atomic mass is 10.2. The number of hydrogen-bond donors (Lipinski definition) is 1. The van der Waals surface area contributed by atoms with Gasteiger partial charge in [0.15, 0.2) is 0 Å². The van der Waals surface area contributed by atoms with Crippen molar-refractivity contribution in [1.29, 1.82) is 0 Å². The molecule has 0 spiro atoms. The van der Waals surface area contributed by atoms with Gasteiger partial charge in [0.05, 0.1) is 11.6 Å². The Kier molecular flexibility index (Phi) is 4.70. The van der Waals surface area contributed by atoms with Crippen LogP contribution in [0.5, 0.6) is 5.75 Å². The van der Waals surface area contributed by atoms with E-state index >= 15 is 0 Å². The second-order valence-corrected chi connectivity index (χ2v) is 4.60. The van der Waals surface area contributed by atoms with Crippen LogP contribution in [-0.4, -0.2) is 34.9 Å². The summed E-state index contributed by atoms with van der Waals surface area (Å²) in [7, 11) is 1.58. The third-order valence-electron chi connectivity index (χ3n) is 2.33. The van der Waals surface area contributed by atoms with E-state index in [1.807, 2.05) is 0 Å². The zero-order valence-electron chi connectivity index (χ0n) is 10.5. The molecule has 1 aromatic carbocycles. The molecule has 0 saturated carbocycles. The summed E-state index contributed by atoms with van der Waals surface area (Å²) in [6.07, 6.45) is 0. The van der Waals surface area contributed by atoms with Crippen LogP contribution in [0, 0.1) is 0 Å². The van der Waals surface area contributed by atoms with Crippen LogP contribution >= 0.6 is 15.9 Å². The Morgan fingerprint density at radius 2 is 2.30 bits per heavy atom. The number of hydrogen-bond acceptors (Lipinski definition) is 6. The van der Waals surface area contributed by atoms with Gasteiger partial charge in [0.1, 0.15) is 19.0 Å². The van der Waals surface area contributed by atoms with E-state index in [0.29, 0.717) is 11.6 Å². The van der Waals surface area contributed by atoms with Crippen molar-refractivity contribution in [3.05, 3.63) is 28.6 Å². The maximum atomic E-state index is 10.3. The predicted molar refractivity (Wildman–Crippen MR) is 71.3 cm³/mol. The van der Waals surface area contributed by atoms with Gasteiger partial charge < -0.3 is 19.1 Å². The molecule has 2 aromatic rings. The lowest BCUT2D eigenvalue weighted by Gasteiger charge is -2.03. The first-order valence-electron chi connectivity index (χ1n) is 5.56. The summed E-state index contributed by atoms with van der Waals surface area (Å²) < 4.78 is 15.7. The SMILES string of the molecule is COc1ccc(-c2noc(COCC(=O)O)n2)cc1Br. The molecule has 8 heteroatoms. The van der Waals surface area contributed by atoms with Crippen LogP contribution in [0.4, 0.5) is 0 Å². The predicted octanol–water partition coefficient (Wildman–Crippen LogP) is 2.11. The Labute approximate surface area is 122 Å². The van der Waals surface area contributed by atoms with Crippen LogP contribution in [0.2, 0.25) is 0 Å². The molecule has 1 aromatic heterocycles. The van der Waals surface area contributed by atoms with Crippen molar-refractivity contribution in [1.82, 2.24) is 10.1 Å². The molecule has 0 fully saturated rings. The van der Waals surface area contributed by atoms with Gasteiger partial charge in [0.2, 0.25) is 5.82 Å². The minimum Gasteiger partial charge on any atom is -0.496 e. The number of rotatable bonds is 6. The summed E-state index contributed by atoms with van der Waals surface area (Å²) >= 11 is 3.37. The Balaban J connectivity index is 2.08. The molecule has 2 rings (SSSR count). The number of benzene rings is 1. The number of carboxylic acids is 1. The first-order valence-corrected chi connectivity index (χ1v) is 6.35. The van der Waals surface area contributed by atoms with Crippen molar-refractivity contribution in [2.75, 3.05) is 13.7 Å². The average molecular weight is 343 g/mol. The number of aliphatic carboxylic acids is 1. The van der Waals surface area contributed by atoms with Gasteiger partial charge in [0.25, 0.3) is 5.89 Å². The molecule has 0 atom stereocenters. The summed E-state index contributed by atoms with van der Waals surface area (Å²) in [6.45, 7) is -0.456. The van der Waals surface area contributed by atoms with Gasteiger partial charge in [-0.25, -0.2) is 4.79 Å². The second-order valence-electron chi connectivity index (χ2n) is 3.75. The third kappa shape index (κ3) is 3.55. The van der Waals surface area contributed by atoms with E-state index in [1.165, 1.54) is 0 Å². The highest BCUT2D eigenvalue weighted by Gasteiger charge is 2.11. The lowest BCUT2D eigenvalue weighted by Crippen LogP contribution is -2.06. The van der Waals surface area contributed by atoms with E-state index in [9.17, 15) is 4.79 Å². The van der Waals surface area contributed by atoms with Gasteiger partial charge in [-0.1, -0.05) is 5.16 Å². The molecule has 7 nitrogen and oxygen atoms in total. The van der Waals surface area contributed by atoms with E-state index in [4.69, 9.17) is 19.1 Å². The molecule has 1 N–H and O–H groups in total. The molecule has 0 aliphatic rings. The number of nitrogens with zero attached hydrogens (tertiary/aromatic N) is 2. The standard InChI is InChI=1S/C12H11BrN2O5/c1-18-9-3-2-7(4-8(9)13)12-14-10(20-15-12)5-19-6-11(16)17/h2-4H,5-6H2,1H3,(H,16,17). The number of carboxylic acid groups (broad SMARTS) is 1. The fraction of sp³-hybridized carbons (Fsp3) is 0.250. The summed E-state index contributed by atoms with van der Waals surface area (Å²) in [6, 6.07) is 5.36. The fourth-order valence-corrected chi connectivity index (χ4v) is 2.00. The topological polar surface area (TPSA) is 94.7 Å². The molecular weight excluding hydrogens is 332 g/mol. The Morgan fingerprint density at radius 1 is 1.50 bits per heavy atom. The molecular formula is C12H11BrN2O5. The third-order valence-corrected chi connectivity index (χ3v) is 2.95. The van der Waals surface area contributed by atoms with Gasteiger partial charge in [-0.2, -0.15) is 4.98 Å². The van der Waals surface area contributed by atoms with E-state index in [2.05, 4.69) is 26.1 Å². The maximum absolute atomic E-state index is 10.3. The van der Waals surface area contributed by atoms with Gasteiger partial charge in [-0.15, -0.1) is 0 Å². The highest BCUT2D eigenvalue weighted by atomic mass is 79.9. The quantitative estimate of drug-likeness (QED) is 0.858. The summed E-state index contributed by atoms with van der Waals surface area (Å²) in [5.41, 5.74) is 0.742. The fourth-order valence-electron chi connectivity index (χ4n) is 1.46. The minimum atomic E-state index is -1.05. The maximum Gasteiger partial charge on any atom is 0.329 e. The van der Waals surface area contributed by atoms with E-state index in [-0.39, 0.29) is 12.5 Å². The van der Waals surface area contributed by atoms with Gasteiger partial charge in [-0.3, -0.25) is 0 Å². The zero-order valence-corrected chi connectivity index (χ0v) is 12.1. The minimum absolute atomic E-state index is 0.0450. The van der Waals surface area contributed by atoms with Crippen molar-refractivity contribution in [2.45, 2.75) is 6.61 Å². The summed E-state index contributed by atoms with van der Waals surface area (Å²) in [5.74, 6) is 0.251. The van der Waals surface area contributed by atoms with Gasteiger partial charge in [0, 0.05) is 5.56 Å². The van der Waals surface area contributed by atoms with Crippen LogP contribution in [0.3, 0.4) is 0 Å². The molecule has 106 valence electrons. The number of halogens is 1. The molecule has 0 bridgehead atoms. The van der Waals surface area contributed by atoms with Crippen LogP contribution < -0.4 is 4.74 Å². The Morgan fingerprint density at radius 3 is 2.95 bits per heavy atom. The molecule has 20 heavy (non-hydrogen) atoms. The van der Waals surface area contributed by atoms with E-state index in [1.54, 1.807) is 25.3 Å². The highest BCUT2D eigenvalue weighted by Crippen LogP contribution is 2.29. The first-order chi connectivity index (χ1) is 9.60. The van der Waals surface area contributed by atoms with E-state index in [0.717, 1.165) is 10.0 Å². The molecule has 0 amide bonds.